The number of piperidine rings is 1. The van der Waals surface area contributed by atoms with Crippen LogP contribution in [0.3, 0.4) is 0 Å². The number of rotatable bonds is 7. The van der Waals surface area contributed by atoms with Crippen LogP contribution in [0.25, 0.3) is 0 Å². The van der Waals surface area contributed by atoms with Crippen LogP contribution >= 0.6 is 0 Å². The number of aromatic nitrogens is 1. The van der Waals surface area contributed by atoms with E-state index in [2.05, 4.69) is 46.5 Å². The summed E-state index contributed by atoms with van der Waals surface area (Å²) in [6.45, 7) is 4.24. The zero-order chi connectivity index (χ0) is 21.5. The van der Waals surface area contributed by atoms with Gasteiger partial charge < -0.3 is 15.0 Å². The first-order chi connectivity index (χ1) is 15.1. The molecule has 166 valence electrons. The average molecular weight is 422 g/mol. The standard InChI is InChI=1S/C26H35N3O2/c1-29-15-5-8-23(20-29)22-7-4-6-21(18-22)19-26(11-16-31-17-12-26)25(30)28-14-10-24-9-2-3-13-27-24/h2-4,6-7,9,13,18,23H,5,8,10-12,14-17,19-20H2,1H3,(H,28,30)/t23-/m0/s1. The van der Waals surface area contributed by atoms with E-state index in [1.54, 1.807) is 6.20 Å². The number of benzene rings is 1. The number of likely N-dealkylation sites (N-methyl/N-ethyl adjacent to an activating group) is 1. The van der Waals surface area contributed by atoms with Crippen LogP contribution in [0.1, 0.15) is 48.4 Å². The lowest BCUT2D eigenvalue weighted by atomic mass is 9.74. The van der Waals surface area contributed by atoms with Crippen molar-refractivity contribution < 1.29 is 9.53 Å². The summed E-state index contributed by atoms with van der Waals surface area (Å²) in [5.41, 5.74) is 3.31. The van der Waals surface area contributed by atoms with Crippen molar-refractivity contribution in [2.75, 3.05) is 39.9 Å². The summed E-state index contributed by atoms with van der Waals surface area (Å²) in [4.78, 5) is 20.1. The van der Waals surface area contributed by atoms with Crippen LogP contribution < -0.4 is 5.32 Å². The molecule has 2 aliphatic heterocycles. The third-order valence-electron chi connectivity index (χ3n) is 6.91. The van der Waals surface area contributed by atoms with Gasteiger partial charge in [-0.25, -0.2) is 0 Å². The summed E-state index contributed by atoms with van der Waals surface area (Å²) < 4.78 is 5.62. The first-order valence-corrected chi connectivity index (χ1v) is 11.7. The van der Waals surface area contributed by atoms with Crippen LogP contribution in [-0.2, 0) is 22.4 Å². The summed E-state index contributed by atoms with van der Waals surface area (Å²) in [6.07, 6.45) is 7.39. The van der Waals surface area contributed by atoms with Gasteiger partial charge in [-0.3, -0.25) is 9.78 Å². The second-order valence-corrected chi connectivity index (χ2v) is 9.24. The number of hydrogen-bond donors (Lipinski definition) is 1. The molecule has 2 saturated heterocycles. The highest BCUT2D eigenvalue weighted by Crippen LogP contribution is 2.36. The first-order valence-electron chi connectivity index (χ1n) is 11.7. The van der Waals surface area contributed by atoms with Crippen LogP contribution in [0.5, 0.6) is 0 Å². The Kier molecular flexibility index (Phi) is 7.36. The second kappa shape index (κ2) is 10.4. The van der Waals surface area contributed by atoms with Crippen molar-refractivity contribution in [1.29, 1.82) is 0 Å². The van der Waals surface area contributed by atoms with Crippen LogP contribution in [0, 0.1) is 5.41 Å². The molecule has 3 heterocycles. The lowest BCUT2D eigenvalue weighted by Gasteiger charge is -2.36. The number of nitrogens with one attached hydrogen (secondary N) is 1. The van der Waals surface area contributed by atoms with Crippen LogP contribution in [0.4, 0.5) is 0 Å². The Morgan fingerprint density at radius 1 is 1.23 bits per heavy atom. The maximum atomic E-state index is 13.4. The van der Waals surface area contributed by atoms with Gasteiger partial charge in [-0.2, -0.15) is 0 Å². The molecule has 31 heavy (non-hydrogen) atoms. The maximum Gasteiger partial charge on any atom is 0.226 e. The Hall–Kier alpha value is -2.24. The van der Waals surface area contributed by atoms with Crippen molar-refractivity contribution >= 4 is 5.91 Å². The molecule has 1 aromatic heterocycles. The number of pyridine rings is 1. The molecule has 1 amide bonds. The van der Waals surface area contributed by atoms with Gasteiger partial charge in [0.2, 0.25) is 5.91 Å². The number of ether oxygens (including phenoxy) is 1. The van der Waals surface area contributed by atoms with E-state index in [0.717, 1.165) is 37.9 Å². The lowest BCUT2D eigenvalue weighted by Crippen LogP contribution is -2.46. The SMILES string of the molecule is CN1CCC[C@H](c2cccc(CC3(C(=O)NCCc4ccccn4)CCOCC3)c2)C1. The number of carbonyl (C=O) groups is 1. The van der Waals surface area contributed by atoms with Crippen molar-refractivity contribution in [3.05, 3.63) is 65.5 Å². The number of likely N-dealkylation sites (tertiary alicyclic amines) is 1. The van der Waals surface area contributed by atoms with Gasteiger partial charge in [0.05, 0.1) is 5.41 Å². The molecule has 1 aromatic carbocycles. The topological polar surface area (TPSA) is 54.5 Å². The molecule has 2 aromatic rings. The Balaban J connectivity index is 1.43. The molecule has 4 rings (SSSR count). The summed E-state index contributed by atoms with van der Waals surface area (Å²) in [5, 5.41) is 3.20. The summed E-state index contributed by atoms with van der Waals surface area (Å²) in [7, 11) is 2.21. The molecule has 1 atom stereocenters. The minimum absolute atomic E-state index is 0.162. The van der Waals surface area contributed by atoms with Crippen molar-refractivity contribution in [2.24, 2.45) is 5.41 Å². The fourth-order valence-corrected chi connectivity index (χ4v) is 5.07. The van der Waals surface area contributed by atoms with Gasteiger partial charge in [-0.05, 0) is 74.9 Å². The molecule has 0 saturated carbocycles. The normalized spacial score (nSPS) is 21.5. The highest BCUT2D eigenvalue weighted by Gasteiger charge is 2.40. The highest BCUT2D eigenvalue weighted by molar-refractivity contribution is 5.83. The monoisotopic (exact) mass is 421 g/mol. The third kappa shape index (κ3) is 5.72. The fraction of sp³-hybridized carbons (Fsp3) is 0.538. The van der Waals surface area contributed by atoms with E-state index in [9.17, 15) is 4.79 Å². The summed E-state index contributed by atoms with van der Waals surface area (Å²) in [6, 6.07) is 14.9. The quantitative estimate of drug-likeness (QED) is 0.742. The number of hydrogen-bond acceptors (Lipinski definition) is 4. The van der Waals surface area contributed by atoms with E-state index < -0.39 is 0 Å². The van der Waals surface area contributed by atoms with E-state index in [-0.39, 0.29) is 11.3 Å². The minimum Gasteiger partial charge on any atom is -0.381 e. The molecule has 0 bridgehead atoms. The first kappa shape index (κ1) is 22.0. The Bertz CT molecular complexity index is 849. The molecule has 0 unspecified atom stereocenters. The Morgan fingerprint density at radius 3 is 2.87 bits per heavy atom. The summed E-state index contributed by atoms with van der Waals surface area (Å²) in [5.74, 6) is 0.756. The average Bonchev–Trinajstić information content (AvgIpc) is 2.80. The van der Waals surface area contributed by atoms with E-state index in [1.165, 1.54) is 30.5 Å². The van der Waals surface area contributed by atoms with Gasteiger partial charge in [0.1, 0.15) is 0 Å². The fourth-order valence-electron chi connectivity index (χ4n) is 5.07. The zero-order valence-corrected chi connectivity index (χ0v) is 18.7. The van der Waals surface area contributed by atoms with Crippen LogP contribution in [0.15, 0.2) is 48.7 Å². The van der Waals surface area contributed by atoms with Crippen molar-refractivity contribution in [2.45, 2.75) is 44.4 Å². The van der Waals surface area contributed by atoms with E-state index >= 15 is 0 Å². The van der Waals surface area contributed by atoms with Gasteiger partial charge in [0.25, 0.3) is 0 Å². The molecule has 5 heteroatoms. The Morgan fingerprint density at radius 2 is 2.10 bits per heavy atom. The Labute approximate surface area is 186 Å². The minimum atomic E-state index is -0.385. The molecule has 2 aliphatic rings. The van der Waals surface area contributed by atoms with Gasteiger partial charge in [0, 0.05) is 44.6 Å². The largest absolute Gasteiger partial charge is 0.381 e. The molecule has 5 nitrogen and oxygen atoms in total. The second-order valence-electron chi connectivity index (χ2n) is 9.24. The van der Waals surface area contributed by atoms with Crippen molar-refractivity contribution in [3.63, 3.8) is 0 Å². The lowest BCUT2D eigenvalue weighted by molar-refractivity contribution is -0.136. The molecule has 2 fully saturated rings. The molecule has 0 aliphatic carbocycles. The third-order valence-corrected chi connectivity index (χ3v) is 6.91. The molecular weight excluding hydrogens is 386 g/mol. The molecule has 0 radical (unpaired) electrons. The van der Waals surface area contributed by atoms with Gasteiger partial charge >= 0.3 is 0 Å². The van der Waals surface area contributed by atoms with Gasteiger partial charge in [-0.1, -0.05) is 30.3 Å². The summed E-state index contributed by atoms with van der Waals surface area (Å²) >= 11 is 0. The van der Waals surface area contributed by atoms with Gasteiger partial charge in [0.15, 0.2) is 0 Å². The smallest absolute Gasteiger partial charge is 0.226 e. The number of amides is 1. The van der Waals surface area contributed by atoms with E-state index in [0.29, 0.717) is 25.7 Å². The number of carbonyl (C=O) groups excluding carboxylic acids is 1. The molecule has 0 spiro atoms. The number of nitrogens with zero attached hydrogens (tertiary/aromatic N) is 2. The van der Waals surface area contributed by atoms with Crippen molar-refractivity contribution in [3.8, 4) is 0 Å². The zero-order valence-electron chi connectivity index (χ0n) is 18.7. The molecular formula is C26H35N3O2. The van der Waals surface area contributed by atoms with Gasteiger partial charge in [-0.15, -0.1) is 0 Å². The van der Waals surface area contributed by atoms with Crippen molar-refractivity contribution in [1.82, 2.24) is 15.2 Å². The predicted molar refractivity (Wildman–Crippen MR) is 123 cm³/mol. The maximum absolute atomic E-state index is 13.4. The van der Waals surface area contributed by atoms with Crippen LogP contribution in [-0.4, -0.2) is 55.7 Å². The highest BCUT2D eigenvalue weighted by atomic mass is 16.5. The van der Waals surface area contributed by atoms with E-state index in [4.69, 9.17) is 4.74 Å². The predicted octanol–water partition coefficient (Wildman–Crippen LogP) is 3.59. The van der Waals surface area contributed by atoms with Crippen LogP contribution in [0.2, 0.25) is 0 Å². The molecule has 1 N–H and O–H groups in total. The van der Waals surface area contributed by atoms with E-state index in [1.807, 2.05) is 18.2 Å².